The molecule has 0 unspecified atom stereocenters. The second-order valence-corrected chi connectivity index (χ2v) is 7.05. The summed E-state index contributed by atoms with van der Waals surface area (Å²) in [5.41, 5.74) is 7.91. The Morgan fingerprint density at radius 1 is 1.08 bits per heavy atom. The summed E-state index contributed by atoms with van der Waals surface area (Å²) in [6.07, 6.45) is 11.1. The lowest BCUT2D eigenvalue weighted by Gasteiger charge is -2.29. The summed E-state index contributed by atoms with van der Waals surface area (Å²) in [4.78, 5) is 9.41. The molecule has 1 aromatic heterocycles. The lowest BCUT2D eigenvalue weighted by molar-refractivity contribution is 0.315. The van der Waals surface area contributed by atoms with Crippen LogP contribution in [0.15, 0.2) is 60.6 Å². The molecule has 0 N–H and O–H groups in total. The normalized spacial score (nSPS) is 19.8. The molecule has 0 saturated heterocycles. The van der Waals surface area contributed by atoms with Crippen molar-refractivity contribution in [2.75, 3.05) is 18.5 Å². The number of pyridine rings is 1. The van der Waals surface area contributed by atoms with Gasteiger partial charge in [-0.05, 0) is 31.9 Å². The number of aryl methyl sites for hydroxylation is 1. The van der Waals surface area contributed by atoms with Gasteiger partial charge in [0.25, 0.3) is 0 Å². The average Bonchev–Trinajstić information content (AvgIpc) is 3.30. The maximum absolute atomic E-state index is 4.52. The summed E-state index contributed by atoms with van der Waals surface area (Å²) in [5.74, 6) is 0. The summed E-state index contributed by atoms with van der Waals surface area (Å²) in [6, 6.07) is 11.0. The Morgan fingerprint density at radius 3 is 2.71 bits per heavy atom. The van der Waals surface area contributed by atoms with Crippen LogP contribution in [0, 0.1) is 6.92 Å². The number of rotatable bonds is 1. The molecule has 0 atom stereocenters. The van der Waals surface area contributed by atoms with Crippen LogP contribution in [0.3, 0.4) is 0 Å². The molecule has 0 amide bonds. The number of aromatic nitrogens is 1. The molecule has 0 bridgehead atoms. The Morgan fingerprint density at radius 2 is 1.92 bits per heavy atom. The molecule has 24 heavy (non-hydrogen) atoms. The van der Waals surface area contributed by atoms with Gasteiger partial charge < -0.3 is 9.80 Å². The number of fused-ring (bicyclic) bond motifs is 4. The second-order valence-electron chi connectivity index (χ2n) is 7.05. The lowest BCUT2D eigenvalue weighted by Crippen LogP contribution is -2.26. The van der Waals surface area contributed by atoms with E-state index < -0.39 is 0 Å². The zero-order valence-electron chi connectivity index (χ0n) is 14.2. The van der Waals surface area contributed by atoms with Crippen molar-refractivity contribution in [3.8, 4) is 11.1 Å². The number of hydrogen-bond donors (Lipinski definition) is 0. The van der Waals surface area contributed by atoms with Crippen molar-refractivity contribution < 1.29 is 0 Å². The SMILES string of the molecule is Cc1ncccc1-c1cccc2c1N1CC=CC1=CN(C)C21CC1. The zero-order chi connectivity index (χ0) is 16.3. The van der Waals surface area contributed by atoms with Crippen LogP contribution < -0.4 is 4.90 Å². The molecule has 3 heteroatoms. The number of hydrogen-bond acceptors (Lipinski definition) is 3. The first-order valence-corrected chi connectivity index (χ1v) is 8.65. The Balaban J connectivity index is 1.82. The topological polar surface area (TPSA) is 19.4 Å². The predicted molar refractivity (Wildman–Crippen MR) is 97.7 cm³/mol. The fourth-order valence-corrected chi connectivity index (χ4v) is 4.26. The van der Waals surface area contributed by atoms with Crippen LogP contribution >= 0.6 is 0 Å². The van der Waals surface area contributed by atoms with E-state index in [0.29, 0.717) is 0 Å². The quantitative estimate of drug-likeness (QED) is 0.786. The fraction of sp³-hybridized carbons (Fsp3) is 0.286. The van der Waals surface area contributed by atoms with Gasteiger partial charge in [-0.3, -0.25) is 4.98 Å². The Hall–Kier alpha value is -2.55. The molecule has 2 aliphatic heterocycles. The summed E-state index contributed by atoms with van der Waals surface area (Å²) in [5, 5.41) is 0. The van der Waals surface area contributed by atoms with E-state index in [4.69, 9.17) is 0 Å². The monoisotopic (exact) mass is 315 g/mol. The van der Waals surface area contributed by atoms with Crippen LogP contribution in [-0.2, 0) is 5.54 Å². The van der Waals surface area contributed by atoms with E-state index in [1.807, 2.05) is 12.3 Å². The number of allylic oxidation sites excluding steroid dienone is 1. The van der Waals surface area contributed by atoms with Crippen LogP contribution in [0.4, 0.5) is 5.69 Å². The number of para-hydroxylation sites is 1. The minimum Gasteiger partial charge on any atom is -0.369 e. The summed E-state index contributed by atoms with van der Waals surface area (Å²) in [6.45, 7) is 3.04. The Bertz CT molecular complexity index is 890. The van der Waals surface area contributed by atoms with Gasteiger partial charge >= 0.3 is 0 Å². The van der Waals surface area contributed by atoms with Crippen molar-refractivity contribution in [2.24, 2.45) is 0 Å². The summed E-state index contributed by atoms with van der Waals surface area (Å²) < 4.78 is 0. The fourth-order valence-electron chi connectivity index (χ4n) is 4.26. The van der Waals surface area contributed by atoms with Crippen LogP contribution in [-0.4, -0.2) is 23.5 Å². The zero-order valence-corrected chi connectivity index (χ0v) is 14.2. The third-order valence-electron chi connectivity index (χ3n) is 5.72. The standard InChI is InChI=1S/C21H21N3/c1-15-17(8-4-12-22-15)18-7-3-9-19-20(18)24-13-5-6-16(24)14-23(2)21(19)10-11-21/h3-9,12,14H,10-11,13H2,1-2H3. The van der Waals surface area contributed by atoms with E-state index in [0.717, 1.165) is 12.2 Å². The highest BCUT2D eigenvalue weighted by Crippen LogP contribution is 2.57. The van der Waals surface area contributed by atoms with Gasteiger partial charge in [0.15, 0.2) is 0 Å². The molecule has 1 aliphatic carbocycles. The molecule has 3 nitrogen and oxygen atoms in total. The average molecular weight is 315 g/mol. The molecule has 5 rings (SSSR count). The van der Waals surface area contributed by atoms with Gasteiger partial charge in [-0.1, -0.05) is 30.3 Å². The van der Waals surface area contributed by atoms with Crippen molar-refractivity contribution in [3.63, 3.8) is 0 Å². The number of benzene rings is 1. The van der Waals surface area contributed by atoms with E-state index in [1.165, 1.54) is 40.9 Å². The first-order chi connectivity index (χ1) is 11.7. The molecule has 1 aromatic carbocycles. The molecular formula is C21H21N3. The summed E-state index contributed by atoms with van der Waals surface area (Å²) in [7, 11) is 2.22. The smallest absolute Gasteiger partial charge is 0.0668 e. The van der Waals surface area contributed by atoms with Crippen molar-refractivity contribution in [1.29, 1.82) is 0 Å². The van der Waals surface area contributed by atoms with E-state index in [2.05, 4.69) is 71.4 Å². The molecule has 2 aromatic rings. The van der Waals surface area contributed by atoms with Gasteiger partial charge in [0.2, 0.25) is 0 Å². The van der Waals surface area contributed by atoms with Gasteiger partial charge in [0.1, 0.15) is 0 Å². The first-order valence-electron chi connectivity index (χ1n) is 8.65. The maximum Gasteiger partial charge on any atom is 0.0668 e. The highest BCUT2D eigenvalue weighted by Gasteiger charge is 2.51. The molecule has 1 fully saturated rings. The van der Waals surface area contributed by atoms with Crippen LogP contribution in [0.25, 0.3) is 11.1 Å². The molecular weight excluding hydrogens is 294 g/mol. The van der Waals surface area contributed by atoms with Gasteiger partial charge in [0.05, 0.1) is 16.9 Å². The minimum absolute atomic E-state index is 0.173. The number of anilines is 1. The van der Waals surface area contributed by atoms with Gasteiger partial charge in [-0.15, -0.1) is 0 Å². The molecule has 3 aliphatic rings. The van der Waals surface area contributed by atoms with E-state index in [-0.39, 0.29) is 5.54 Å². The largest absolute Gasteiger partial charge is 0.369 e. The van der Waals surface area contributed by atoms with Crippen molar-refractivity contribution in [2.45, 2.75) is 25.3 Å². The molecule has 0 radical (unpaired) electrons. The van der Waals surface area contributed by atoms with Gasteiger partial charge in [-0.2, -0.15) is 0 Å². The minimum atomic E-state index is 0.173. The molecule has 1 spiro atoms. The lowest BCUT2D eigenvalue weighted by atomic mass is 9.93. The van der Waals surface area contributed by atoms with Gasteiger partial charge in [-0.25, -0.2) is 0 Å². The highest BCUT2D eigenvalue weighted by molar-refractivity contribution is 5.86. The van der Waals surface area contributed by atoms with Crippen LogP contribution in [0.5, 0.6) is 0 Å². The van der Waals surface area contributed by atoms with E-state index >= 15 is 0 Å². The predicted octanol–water partition coefficient (Wildman–Crippen LogP) is 4.21. The van der Waals surface area contributed by atoms with E-state index in [9.17, 15) is 0 Å². The molecule has 3 heterocycles. The molecule has 1 saturated carbocycles. The first kappa shape index (κ1) is 13.8. The highest BCUT2D eigenvalue weighted by atomic mass is 15.3. The Kier molecular flexibility index (Phi) is 2.73. The number of nitrogens with zero attached hydrogens (tertiary/aromatic N) is 3. The Labute approximate surface area is 142 Å². The van der Waals surface area contributed by atoms with Crippen molar-refractivity contribution >= 4 is 5.69 Å². The van der Waals surface area contributed by atoms with Gasteiger partial charge in [0, 0.05) is 48.4 Å². The molecule has 120 valence electrons. The van der Waals surface area contributed by atoms with Crippen molar-refractivity contribution in [3.05, 3.63) is 71.8 Å². The third kappa shape index (κ3) is 1.75. The van der Waals surface area contributed by atoms with Crippen LogP contribution in [0.1, 0.15) is 24.1 Å². The summed E-state index contributed by atoms with van der Waals surface area (Å²) >= 11 is 0. The maximum atomic E-state index is 4.52. The van der Waals surface area contributed by atoms with E-state index in [1.54, 1.807) is 0 Å². The third-order valence-corrected chi connectivity index (χ3v) is 5.72. The van der Waals surface area contributed by atoms with Crippen LogP contribution in [0.2, 0.25) is 0 Å². The second kappa shape index (κ2) is 4.73. The van der Waals surface area contributed by atoms with Crippen molar-refractivity contribution in [1.82, 2.24) is 9.88 Å².